The van der Waals surface area contributed by atoms with Crippen LogP contribution >= 0.6 is 0 Å². The van der Waals surface area contributed by atoms with E-state index in [2.05, 4.69) is 5.10 Å². The molecule has 7 nitrogen and oxygen atoms in total. The summed E-state index contributed by atoms with van der Waals surface area (Å²) in [7, 11) is 0. The summed E-state index contributed by atoms with van der Waals surface area (Å²) in [5.41, 5.74) is 0.758. The third-order valence-electron chi connectivity index (χ3n) is 4.10. The minimum absolute atomic E-state index is 0.150. The summed E-state index contributed by atoms with van der Waals surface area (Å²) >= 11 is 0. The number of amides is 1. The molecular weight excluding hydrogens is 329 g/mol. The first-order valence-electron chi connectivity index (χ1n) is 7.97. The Morgan fingerprint density at radius 1 is 1.24 bits per heavy atom. The highest BCUT2D eigenvalue weighted by Gasteiger charge is 2.29. The van der Waals surface area contributed by atoms with Gasteiger partial charge in [-0.3, -0.25) is 9.59 Å². The number of carbonyl (C=O) groups is 2. The zero-order valence-corrected chi connectivity index (χ0v) is 13.5. The van der Waals surface area contributed by atoms with E-state index in [-0.39, 0.29) is 24.1 Å². The number of nitrogens with zero attached hydrogens (tertiary/aromatic N) is 3. The number of halogens is 1. The van der Waals surface area contributed by atoms with Crippen LogP contribution < -0.4 is 0 Å². The van der Waals surface area contributed by atoms with Crippen LogP contribution in [0.3, 0.4) is 0 Å². The van der Waals surface area contributed by atoms with Gasteiger partial charge in [0.25, 0.3) is 5.91 Å². The number of hydrogen-bond donors (Lipinski definition) is 1. The first kappa shape index (κ1) is 17.1. The predicted octanol–water partition coefficient (Wildman–Crippen LogP) is 1.72. The Morgan fingerprint density at radius 3 is 2.56 bits per heavy atom. The molecule has 1 aliphatic heterocycles. The van der Waals surface area contributed by atoms with Crippen molar-refractivity contribution in [1.29, 1.82) is 0 Å². The molecule has 132 valence electrons. The molecule has 1 fully saturated rings. The average Bonchev–Trinajstić information content (AvgIpc) is 3.10. The normalized spacial score (nSPS) is 15.1. The molecule has 0 spiro atoms. The van der Waals surface area contributed by atoms with E-state index in [9.17, 15) is 14.0 Å². The summed E-state index contributed by atoms with van der Waals surface area (Å²) < 4.78 is 19.7. The summed E-state index contributed by atoms with van der Waals surface area (Å²) in [6.07, 6.45) is 2.78. The first-order valence-corrected chi connectivity index (χ1v) is 7.97. The van der Waals surface area contributed by atoms with Crippen LogP contribution in [-0.4, -0.2) is 57.5 Å². The highest BCUT2D eigenvalue weighted by Crippen LogP contribution is 2.17. The van der Waals surface area contributed by atoms with Gasteiger partial charge in [-0.2, -0.15) is 5.10 Å². The van der Waals surface area contributed by atoms with Crippen molar-refractivity contribution in [3.8, 4) is 5.69 Å². The number of aliphatic carboxylic acids is 1. The van der Waals surface area contributed by atoms with Crippen LogP contribution in [0.25, 0.3) is 5.69 Å². The lowest BCUT2D eigenvalue weighted by Crippen LogP contribution is -2.46. The second kappa shape index (κ2) is 7.43. The maximum Gasteiger partial charge on any atom is 0.323 e. The molecule has 1 N–H and O–H groups in total. The summed E-state index contributed by atoms with van der Waals surface area (Å²) in [6.45, 7) is 0.614. The molecule has 0 bridgehead atoms. The molecule has 0 radical (unpaired) electrons. The summed E-state index contributed by atoms with van der Waals surface area (Å²) in [5.74, 6) is -1.87. The molecule has 2 heterocycles. The molecule has 8 heteroatoms. The molecule has 0 aliphatic carbocycles. The lowest BCUT2D eigenvalue weighted by Gasteiger charge is -2.32. The van der Waals surface area contributed by atoms with Crippen molar-refractivity contribution in [3.05, 3.63) is 48.0 Å². The van der Waals surface area contributed by atoms with Crippen LogP contribution in [0.4, 0.5) is 4.39 Å². The van der Waals surface area contributed by atoms with Crippen molar-refractivity contribution < 1.29 is 23.8 Å². The van der Waals surface area contributed by atoms with Crippen molar-refractivity contribution >= 4 is 11.9 Å². The highest BCUT2D eigenvalue weighted by atomic mass is 19.1. The largest absolute Gasteiger partial charge is 0.480 e. The quantitative estimate of drug-likeness (QED) is 0.890. The Kier molecular flexibility index (Phi) is 5.08. The Hall–Kier alpha value is -2.74. The number of carbonyl (C=O) groups excluding carboxylic acids is 1. The van der Waals surface area contributed by atoms with Crippen molar-refractivity contribution in [2.45, 2.75) is 18.9 Å². The molecule has 1 aromatic carbocycles. The number of carboxylic acids is 1. The van der Waals surface area contributed by atoms with Gasteiger partial charge in [-0.25, -0.2) is 9.07 Å². The van der Waals surface area contributed by atoms with Gasteiger partial charge in [0.05, 0.1) is 5.69 Å². The van der Waals surface area contributed by atoms with E-state index in [4.69, 9.17) is 9.84 Å². The van der Waals surface area contributed by atoms with E-state index in [1.165, 1.54) is 27.8 Å². The number of hydrogen-bond acceptors (Lipinski definition) is 4. The fourth-order valence-electron chi connectivity index (χ4n) is 2.83. The van der Waals surface area contributed by atoms with Gasteiger partial charge < -0.3 is 14.7 Å². The number of carboxylic acid groups (broad SMARTS) is 1. The molecule has 0 atom stereocenters. The number of benzene rings is 1. The van der Waals surface area contributed by atoms with Gasteiger partial charge >= 0.3 is 5.97 Å². The van der Waals surface area contributed by atoms with Crippen molar-refractivity contribution in [2.24, 2.45) is 0 Å². The third kappa shape index (κ3) is 4.03. The van der Waals surface area contributed by atoms with E-state index in [1.54, 1.807) is 18.3 Å². The van der Waals surface area contributed by atoms with Crippen molar-refractivity contribution in [3.63, 3.8) is 0 Å². The van der Waals surface area contributed by atoms with Crippen LogP contribution in [0.2, 0.25) is 0 Å². The number of rotatable bonds is 5. The van der Waals surface area contributed by atoms with Crippen LogP contribution in [0.5, 0.6) is 0 Å². The monoisotopic (exact) mass is 347 g/mol. The van der Waals surface area contributed by atoms with E-state index < -0.39 is 11.9 Å². The summed E-state index contributed by atoms with van der Waals surface area (Å²) in [5, 5.41) is 13.3. The zero-order valence-electron chi connectivity index (χ0n) is 13.5. The molecule has 3 rings (SSSR count). The summed E-state index contributed by atoms with van der Waals surface area (Å²) in [4.78, 5) is 25.3. The lowest BCUT2D eigenvalue weighted by atomic mass is 10.1. The van der Waals surface area contributed by atoms with Crippen LogP contribution in [0.15, 0.2) is 36.5 Å². The fourth-order valence-corrected chi connectivity index (χ4v) is 2.83. The molecule has 0 unspecified atom stereocenters. The Bertz CT molecular complexity index is 754. The SMILES string of the molecule is O=C(O)CN(C(=O)c1ccn(-c2ccc(F)cc2)n1)C1CCOCC1. The maximum absolute atomic E-state index is 13.0. The minimum Gasteiger partial charge on any atom is -0.480 e. The van der Waals surface area contributed by atoms with Crippen molar-refractivity contribution in [1.82, 2.24) is 14.7 Å². The predicted molar refractivity (Wildman–Crippen MR) is 86.0 cm³/mol. The van der Waals surface area contributed by atoms with E-state index in [0.717, 1.165) is 0 Å². The molecule has 25 heavy (non-hydrogen) atoms. The minimum atomic E-state index is -1.07. The molecule has 2 aromatic rings. The standard InChI is InChI=1S/C17H18FN3O4/c18-12-1-3-14(4-2-12)21-8-5-15(19-21)17(24)20(11-16(22)23)13-6-9-25-10-7-13/h1-5,8,13H,6-7,9-11H2,(H,22,23). The lowest BCUT2D eigenvalue weighted by molar-refractivity contribution is -0.138. The van der Waals surface area contributed by atoms with Crippen LogP contribution in [-0.2, 0) is 9.53 Å². The summed E-state index contributed by atoms with van der Waals surface area (Å²) in [6, 6.07) is 7.04. The van der Waals surface area contributed by atoms with E-state index in [1.807, 2.05) is 0 Å². The smallest absolute Gasteiger partial charge is 0.323 e. The molecule has 1 aromatic heterocycles. The fraction of sp³-hybridized carbons (Fsp3) is 0.353. The van der Waals surface area contributed by atoms with Gasteiger partial charge in [0, 0.05) is 25.5 Å². The molecule has 0 saturated carbocycles. The Morgan fingerprint density at radius 2 is 1.92 bits per heavy atom. The van der Waals surface area contributed by atoms with Crippen LogP contribution in [0, 0.1) is 5.82 Å². The highest BCUT2D eigenvalue weighted by molar-refractivity contribution is 5.94. The zero-order chi connectivity index (χ0) is 17.8. The molecular formula is C17H18FN3O4. The van der Waals surface area contributed by atoms with Gasteiger partial charge in [0.15, 0.2) is 5.69 Å². The second-order valence-corrected chi connectivity index (χ2v) is 5.79. The van der Waals surface area contributed by atoms with Crippen molar-refractivity contribution in [2.75, 3.05) is 19.8 Å². The molecule has 1 aliphatic rings. The first-order chi connectivity index (χ1) is 12.0. The Balaban J connectivity index is 1.81. The third-order valence-corrected chi connectivity index (χ3v) is 4.10. The number of aromatic nitrogens is 2. The second-order valence-electron chi connectivity index (χ2n) is 5.79. The van der Waals surface area contributed by atoms with E-state index >= 15 is 0 Å². The average molecular weight is 347 g/mol. The van der Waals surface area contributed by atoms with E-state index in [0.29, 0.717) is 31.7 Å². The molecule has 1 saturated heterocycles. The van der Waals surface area contributed by atoms with Gasteiger partial charge in [0.1, 0.15) is 12.4 Å². The van der Waals surface area contributed by atoms with Gasteiger partial charge in [-0.15, -0.1) is 0 Å². The maximum atomic E-state index is 13.0. The number of ether oxygens (including phenoxy) is 1. The van der Waals surface area contributed by atoms with Gasteiger partial charge in [-0.05, 0) is 43.2 Å². The van der Waals surface area contributed by atoms with Gasteiger partial charge in [-0.1, -0.05) is 0 Å². The van der Waals surface area contributed by atoms with Crippen LogP contribution in [0.1, 0.15) is 23.3 Å². The molecule has 1 amide bonds. The topological polar surface area (TPSA) is 84.7 Å². The Labute approximate surface area is 143 Å². The van der Waals surface area contributed by atoms with Gasteiger partial charge in [0.2, 0.25) is 0 Å².